The number of ether oxygens (including phenoxy) is 3. The Balaban J connectivity index is 2.51. The lowest BCUT2D eigenvalue weighted by Gasteiger charge is -2.19. The molecule has 134 valence electrons. The Kier molecular flexibility index (Phi) is 6.45. The molecular weight excluding hydrogens is 316 g/mol. The lowest BCUT2D eigenvalue weighted by atomic mass is 10.1. The molecule has 2 aromatic rings. The van der Waals surface area contributed by atoms with E-state index in [1.165, 1.54) is 0 Å². The van der Waals surface area contributed by atoms with Crippen molar-refractivity contribution in [2.24, 2.45) is 0 Å². The molecule has 2 rings (SSSR count). The molecule has 0 amide bonds. The summed E-state index contributed by atoms with van der Waals surface area (Å²) in [5.41, 5.74) is 3.72. The summed E-state index contributed by atoms with van der Waals surface area (Å²) in [4.78, 5) is 11.3. The Morgan fingerprint density at radius 1 is 1.00 bits per heavy atom. The fraction of sp³-hybridized carbons (Fsp3) is 0.381. The number of aldehydes is 1. The van der Waals surface area contributed by atoms with Gasteiger partial charge in [0.15, 0.2) is 11.5 Å². The molecule has 0 aliphatic rings. The van der Waals surface area contributed by atoms with E-state index in [4.69, 9.17) is 14.2 Å². The molecule has 0 fully saturated rings. The van der Waals surface area contributed by atoms with Gasteiger partial charge < -0.3 is 14.2 Å². The predicted octanol–water partition coefficient (Wildman–Crippen LogP) is 5.40. The second-order valence-electron chi connectivity index (χ2n) is 6.13. The second-order valence-corrected chi connectivity index (χ2v) is 6.13. The van der Waals surface area contributed by atoms with E-state index in [-0.39, 0.29) is 0 Å². The highest BCUT2D eigenvalue weighted by Gasteiger charge is 2.17. The van der Waals surface area contributed by atoms with Crippen LogP contribution in [0.3, 0.4) is 0 Å². The molecule has 0 heterocycles. The molecule has 25 heavy (non-hydrogen) atoms. The molecule has 0 aliphatic heterocycles. The second kappa shape index (κ2) is 8.56. The van der Waals surface area contributed by atoms with Crippen LogP contribution >= 0.6 is 0 Å². The zero-order valence-electron chi connectivity index (χ0n) is 15.6. The molecule has 0 N–H and O–H groups in total. The summed E-state index contributed by atoms with van der Waals surface area (Å²) < 4.78 is 17.5. The van der Waals surface area contributed by atoms with Crippen LogP contribution in [-0.2, 0) is 0 Å². The van der Waals surface area contributed by atoms with Crippen molar-refractivity contribution < 1.29 is 19.0 Å². The van der Waals surface area contributed by atoms with E-state index in [2.05, 4.69) is 13.0 Å². The van der Waals surface area contributed by atoms with E-state index < -0.39 is 0 Å². The van der Waals surface area contributed by atoms with Crippen LogP contribution in [0.4, 0.5) is 0 Å². The Bertz CT molecular complexity index is 750. The van der Waals surface area contributed by atoms with Crippen LogP contribution in [0.25, 0.3) is 0 Å². The fourth-order valence-electron chi connectivity index (χ4n) is 2.55. The van der Waals surface area contributed by atoms with Gasteiger partial charge in [0.05, 0.1) is 13.7 Å². The zero-order chi connectivity index (χ0) is 18.4. The number of aryl methyl sites for hydroxylation is 2. The molecular formula is C21H26O4. The van der Waals surface area contributed by atoms with Gasteiger partial charge in [0.2, 0.25) is 5.75 Å². The van der Waals surface area contributed by atoms with Crippen LogP contribution in [0.2, 0.25) is 0 Å². The lowest BCUT2D eigenvalue weighted by molar-refractivity contribution is 0.112. The molecule has 0 bridgehead atoms. The average Bonchev–Trinajstić information content (AvgIpc) is 2.62. The molecule has 0 aromatic heterocycles. The van der Waals surface area contributed by atoms with Crippen LogP contribution < -0.4 is 14.2 Å². The summed E-state index contributed by atoms with van der Waals surface area (Å²) in [6.45, 7) is 8.74. The first-order valence-electron chi connectivity index (χ1n) is 8.56. The third-order valence-corrected chi connectivity index (χ3v) is 4.23. The van der Waals surface area contributed by atoms with Crippen LogP contribution in [0.15, 0.2) is 24.3 Å². The molecule has 0 radical (unpaired) electrons. The van der Waals surface area contributed by atoms with Gasteiger partial charge in [0.25, 0.3) is 0 Å². The Morgan fingerprint density at radius 2 is 1.68 bits per heavy atom. The van der Waals surface area contributed by atoms with Gasteiger partial charge in [-0.25, -0.2) is 0 Å². The van der Waals surface area contributed by atoms with Crippen molar-refractivity contribution >= 4 is 6.29 Å². The topological polar surface area (TPSA) is 44.8 Å². The van der Waals surface area contributed by atoms with Crippen molar-refractivity contribution in [3.63, 3.8) is 0 Å². The molecule has 4 heteroatoms. The number of hydrogen-bond acceptors (Lipinski definition) is 4. The third-order valence-electron chi connectivity index (χ3n) is 4.23. The molecule has 0 unspecified atom stereocenters. The fourth-order valence-corrected chi connectivity index (χ4v) is 2.55. The number of carbonyl (C=O) groups is 1. The number of benzene rings is 2. The minimum absolute atomic E-state index is 0.484. The van der Waals surface area contributed by atoms with Crippen LogP contribution in [0.5, 0.6) is 23.0 Å². The Labute approximate surface area is 149 Å². The minimum atomic E-state index is 0.484. The highest BCUT2D eigenvalue weighted by Crippen LogP contribution is 2.42. The van der Waals surface area contributed by atoms with Crippen molar-refractivity contribution in [2.45, 2.75) is 40.5 Å². The lowest BCUT2D eigenvalue weighted by Crippen LogP contribution is -2.03. The maximum atomic E-state index is 11.3. The first-order valence-corrected chi connectivity index (χ1v) is 8.56. The third kappa shape index (κ3) is 4.32. The van der Waals surface area contributed by atoms with Crippen molar-refractivity contribution in [3.05, 3.63) is 46.5 Å². The number of methoxy groups -OCH3 is 1. The first-order chi connectivity index (χ1) is 12.0. The molecule has 4 nitrogen and oxygen atoms in total. The smallest absolute Gasteiger partial charge is 0.204 e. The number of carbonyl (C=O) groups excluding carboxylic acids is 1. The van der Waals surface area contributed by atoms with Crippen LogP contribution in [0.1, 0.15) is 46.8 Å². The SMILES string of the molecule is CCCCOc1c(OC)cc(C=O)cc1Oc1c(C)ccc(C)c1C. The summed E-state index contributed by atoms with van der Waals surface area (Å²) in [6.07, 6.45) is 2.74. The van der Waals surface area contributed by atoms with Crippen molar-refractivity contribution in [1.29, 1.82) is 0 Å². The van der Waals surface area contributed by atoms with E-state index in [1.807, 2.05) is 26.8 Å². The molecule has 0 spiro atoms. The van der Waals surface area contributed by atoms with Gasteiger partial charge in [0, 0.05) is 5.56 Å². The summed E-state index contributed by atoms with van der Waals surface area (Å²) in [7, 11) is 1.56. The van der Waals surface area contributed by atoms with E-state index >= 15 is 0 Å². The van der Waals surface area contributed by atoms with Crippen LogP contribution in [0, 0.1) is 20.8 Å². The van der Waals surface area contributed by atoms with Gasteiger partial charge >= 0.3 is 0 Å². The molecule has 0 aliphatic carbocycles. The number of hydrogen-bond donors (Lipinski definition) is 0. The van der Waals surface area contributed by atoms with E-state index in [9.17, 15) is 4.79 Å². The van der Waals surface area contributed by atoms with Gasteiger partial charge in [0.1, 0.15) is 12.0 Å². The van der Waals surface area contributed by atoms with E-state index in [0.717, 1.165) is 41.6 Å². The summed E-state index contributed by atoms with van der Waals surface area (Å²) >= 11 is 0. The zero-order valence-corrected chi connectivity index (χ0v) is 15.6. The number of unbranched alkanes of at least 4 members (excludes halogenated alkanes) is 1. The molecule has 0 saturated carbocycles. The van der Waals surface area contributed by atoms with E-state index in [1.54, 1.807) is 19.2 Å². The molecule has 2 aromatic carbocycles. The standard InChI is InChI=1S/C21H26O4/c1-6-7-10-24-21-18(23-5)11-17(13-22)12-19(21)25-20-15(3)9-8-14(2)16(20)4/h8-9,11-13H,6-7,10H2,1-5H3. The largest absolute Gasteiger partial charge is 0.493 e. The Hall–Kier alpha value is -2.49. The summed E-state index contributed by atoms with van der Waals surface area (Å²) in [6, 6.07) is 7.45. The minimum Gasteiger partial charge on any atom is -0.493 e. The van der Waals surface area contributed by atoms with Gasteiger partial charge in [-0.15, -0.1) is 0 Å². The average molecular weight is 342 g/mol. The number of rotatable bonds is 8. The molecule has 0 atom stereocenters. The summed E-state index contributed by atoms with van der Waals surface area (Å²) in [5.74, 6) is 2.31. The highest BCUT2D eigenvalue weighted by molar-refractivity contribution is 5.78. The normalized spacial score (nSPS) is 10.4. The van der Waals surface area contributed by atoms with Gasteiger partial charge in [-0.2, -0.15) is 0 Å². The van der Waals surface area contributed by atoms with Gasteiger partial charge in [-0.1, -0.05) is 25.5 Å². The van der Waals surface area contributed by atoms with Gasteiger partial charge in [-0.3, -0.25) is 4.79 Å². The summed E-state index contributed by atoms with van der Waals surface area (Å²) in [5, 5.41) is 0. The molecule has 0 saturated heterocycles. The maximum Gasteiger partial charge on any atom is 0.204 e. The maximum absolute atomic E-state index is 11.3. The van der Waals surface area contributed by atoms with Crippen molar-refractivity contribution in [1.82, 2.24) is 0 Å². The Morgan fingerprint density at radius 3 is 2.32 bits per heavy atom. The van der Waals surface area contributed by atoms with Crippen LogP contribution in [-0.4, -0.2) is 20.0 Å². The highest BCUT2D eigenvalue weighted by atomic mass is 16.5. The quantitative estimate of drug-likeness (QED) is 0.476. The monoisotopic (exact) mass is 342 g/mol. The van der Waals surface area contributed by atoms with Crippen molar-refractivity contribution in [2.75, 3.05) is 13.7 Å². The van der Waals surface area contributed by atoms with E-state index in [0.29, 0.717) is 29.4 Å². The first kappa shape index (κ1) is 18.8. The van der Waals surface area contributed by atoms with Gasteiger partial charge in [-0.05, 0) is 56.0 Å². The van der Waals surface area contributed by atoms with Crippen molar-refractivity contribution in [3.8, 4) is 23.0 Å². The predicted molar refractivity (Wildman–Crippen MR) is 99.5 cm³/mol.